The van der Waals surface area contributed by atoms with Gasteiger partial charge in [-0.15, -0.1) is 0 Å². The molecule has 1 amide bonds. The molecule has 0 saturated heterocycles. The molecule has 21 heavy (non-hydrogen) atoms. The number of para-hydroxylation sites is 2. The number of hydrogen-bond donors (Lipinski definition) is 2. The van der Waals surface area contributed by atoms with E-state index in [0.717, 1.165) is 5.56 Å². The molecule has 2 N–H and O–H groups in total. The van der Waals surface area contributed by atoms with Crippen molar-refractivity contribution in [2.75, 3.05) is 18.5 Å². The maximum absolute atomic E-state index is 11.9. The average molecular weight is 306 g/mol. The molecule has 2 rings (SSSR count). The fourth-order valence-electron chi connectivity index (χ4n) is 1.86. The third kappa shape index (κ3) is 4.48. The zero-order valence-electron chi connectivity index (χ0n) is 11.4. The van der Waals surface area contributed by atoms with Crippen LogP contribution in [0.5, 0.6) is 5.75 Å². The maximum Gasteiger partial charge on any atom is 0.262 e. The molecule has 0 spiro atoms. The van der Waals surface area contributed by atoms with Crippen LogP contribution in [0.2, 0.25) is 5.02 Å². The SMILES string of the molecule is O=C(COc1ccccc1CCO)Nc1ccccc1Cl. The number of hydrogen-bond acceptors (Lipinski definition) is 3. The zero-order valence-corrected chi connectivity index (χ0v) is 12.1. The van der Waals surface area contributed by atoms with Crippen LogP contribution in [-0.4, -0.2) is 24.2 Å². The Kier molecular flexibility index (Phi) is 5.60. The van der Waals surface area contributed by atoms with Crippen molar-refractivity contribution in [2.45, 2.75) is 6.42 Å². The van der Waals surface area contributed by atoms with Gasteiger partial charge in [-0.1, -0.05) is 41.9 Å². The second-order valence-corrected chi connectivity index (χ2v) is 4.81. The molecule has 0 heterocycles. The van der Waals surface area contributed by atoms with E-state index in [1.54, 1.807) is 30.3 Å². The van der Waals surface area contributed by atoms with E-state index in [2.05, 4.69) is 5.32 Å². The molecule has 0 unspecified atom stereocenters. The summed E-state index contributed by atoms with van der Waals surface area (Å²) in [4.78, 5) is 11.9. The lowest BCUT2D eigenvalue weighted by Gasteiger charge is -2.11. The summed E-state index contributed by atoms with van der Waals surface area (Å²) in [6.45, 7) is -0.0835. The number of nitrogens with one attached hydrogen (secondary N) is 1. The Labute approximate surface area is 128 Å². The van der Waals surface area contributed by atoms with E-state index in [1.807, 2.05) is 18.2 Å². The van der Waals surface area contributed by atoms with Gasteiger partial charge in [0.2, 0.25) is 0 Å². The molecule has 110 valence electrons. The van der Waals surface area contributed by atoms with Crippen LogP contribution in [0, 0.1) is 0 Å². The minimum absolute atomic E-state index is 0.0339. The van der Waals surface area contributed by atoms with Gasteiger partial charge in [-0.3, -0.25) is 4.79 Å². The molecule has 2 aromatic rings. The Morgan fingerprint density at radius 3 is 2.62 bits per heavy atom. The van der Waals surface area contributed by atoms with Gasteiger partial charge in [0, 0.05) is 6.61 Å². The zero-order chi connectivity index (χ0) is 15.1. The van der Waals surface area contributed by atoms with E-state index >= 15 is 0 Å². The van der Waals surface area contributed by atoms with Crippen molar-refractivity contribution in [1.29, 1.82) is 0 Å². The summed E-state index contributed by atoms with van der Waals surface area (Å²) in [5.41, 5.74) is 1.42. The van der Waals surface area contributed by atoms with Crippen molar-refractivity contribution >= 4 is 23.2 Å². The van der Waals surface area contributed by atoms with Crippen LogP contribution in [0.15, 0.2) is 48.5 Å². The molecule has 0 aliphatic carbocycles. The average Bonchev–Trinajstić information content (AvgIpc) is 2.49. The smallest absolute Gasteiger partial charge is 0.262 e. The Morgan fingerprint density at radius 2 is 1.86 bits per heavy atom. The van der Waals surface area contributed by atoms with Gasteiger partial charge in [-0.2, -0.15) is 0 Å². The lowest BCUT2D eigenvalue weighted by Crippen LogP contribution is -2.20. The summed E-state index contributed by atoms with van der Waals surface area (Å²) in [5.74, 6) is 0.308. The number of rotatable bonds is 6. The van der Waals surface area contributed by atoms with E-state index in [4.69, 9.17) is 21.4 Å². The Morgan fingerprint density at radius 1 is 1.14 bits per heavy atom. The summed E-state index contributed by atoms with van der Waals surface area (Å²) < 4.78 is 5.50. The van der Waals surface area contributed by atoms with Crippen molar-refractivity contribution in [2.24, 2.45) is 0 Å². The van der Waals surface area contributed by atoms with Crippen molar-refractivity contribution in [3.8, 4) is 5.75 Å². The van der Waals surface area contributed by atoms with Crippen LogP contribution in [0.4, 0.5) is 5.69 Å². The molecule has 0 bridgehead atoms. The molecule has 0 atom stereocenters. The first-order valence-corrected chi connectivity index (χ1v) is 6.94. The van der Waals surface area contributed by atoms with Crippen molar-refractivity contribution < 1.29 is 14.6 Å². The molecule has 0 aromatic heterocycles. The highest BCUT2D eigenvalue weighted by molar-refractivity contribution is 6.33. The molecule has 0 radical (unpaired) electrons. The molecule has 0 aliphatic rings. The van der Waals surface area contributed by atoms with Crippen LogP contribution in [0.1, 0.15) is 5.56 Å². The van der Waals surface area contributed by atoms with Crippen molar-refractivity contribution in [3.05, 3.63) is 59.1 Å². The first kappa shape index (κ1) is 15.4. The fourth-order valence-corrected chi connectivity index (χ4v) is 2.05. The maximum atomic E-state index is 11.9. The van der Waals surface area contributed by atoms with Gasteiger partial charge in [-0.05, 0) is 30.2 Å². The van der Waals surface area contributed by atoms with Gasteiger partial charge in [0.15, 0.2) is 6.61 Å². The molecule has 5 heteroatoms. The van der Waals surface area contributed by atoms with Gasteiger partial charge in [-0.25, -0.2) is 0 Å². The van der Waals surface area contributed by atoms with Crippen molar-refractivity contribution in [3.63, 3.8) is 0 Å². The Bertz CT molecular complexity index is 616. The minimum Gasteiger partial charge on any atom is -0.483 e. The van der Waals surface area contributed by atoms with Gasteiger partial charge in [0.1, 0.15) is 5.75 Å². The normalized spacial score (nSPS) is 10.2. The lowest BCUT2D eigenvalue weighted by atomic mass is 10.1. The Hall–Kier alpha value is -2.04. The van der Waals surface area contributed by atoms with Crippen LogP contribution in [0.25, 0.3) is 0 Å². The monoisotopic (exact) mass is 305 g/mol. The van der Waals surface area contributed by atoms with Crippen LogP contribution < -0.4 is 10.1 Å². The molecular weight excluding hydrogens is 290 g/mol. The quantitative estimate of drug-likeness (QED) is 0.863. The predicted molar refractivity (Wildman–Crippen MR) is 82.8 cm³/mol. The molecular formula is C16H16ClNO3. The van der Waals surface area contributed by atoms with E-state index in [0.29, 0.717) is 22.9 Å². The van der Waals surface area contributed by atoms with Gasteiger partial charge in [0.05, 0.1) is 10.7 Å². The second kappa shape index (κ2) is 7.67. The van der Waals surface area contributed by atoms with E-state index in [-0.39, 0.29) is 19.1 Å². The van der Waals surface area contributed by atoms with Crippen LogP contribution in [0.3, 0.4) is 0 Å². The van der Waals surface area contributed by atoms with Crippen LogP contribution >= 0.6 is 11.6 Å². The van der Waals surface area contributed by atoms with E-state index < -0.39 is 0 Å². The molecule has 0 saturated carbocycles. The van der Waals surface area contributed by atoms with Gasteiger partial charge < -0.3 is 15.2 Å². The third-order valence-corrected chi connectivity index (χ3v) is 3.19. The van der Waals surface area contributed by atoms with Gasteiger partial charge >= 0.3 is 0 Å². The number of carbonyl (C=O) groups excluding carboxylic acids is 1. The number of anilines is 1. The van der Waals surface area contributed by atoms with E-state index in [1.165, 1.54) is 0 Å². The third-order valence-electron chi connectivity index (χ3n) is 2.86. The van der Waals surface area contributed by atoms with Gasteiger partial charge in [0.25, 0.3) is 5.91 Å². The summed E-state index contributed by atoms with van der Waals surface area (Å²) in [7, 11) is 0. The highest BCUT2D eigenvalue weighted by atomic mass is 35.5. The first-order chi connectivity index (χ1) is 10.2. The lowest BCUT2D eigenvalue weighted by molar-refractivity contribution is -0.118. The Balaban J connectivity index is 1.94. The summed E-state index contributed by atoms with van der Waals surface area (Å²) >= 11 is 5.97. The first-order valence-electron chi connectivity index (χ1n) is 6.56. The number of amides is 1. The summed E-state index contributed by atoms with van der Waals surface area (Å²) in [5, 5.41) is 12.2. The predicted octanol–water partition coefficient (Wildman–Crippen LogP) is 2.89. The number of carbonyl (C=O) groups is 1. The second-order valence-electron chi connectivity index (χ2n) is 4.40. The van der Waals surface area contributed by atoms with Crippen molar-refractivity contribution in [1.82, 2.24) is 0 Å². The highest BCUT2D eigenvalue weighted by Gasteiger charge is 2.08. The number of aliphatic hydroxyl groups is 1. The molecule has 0 fully saturated rings. The van der Waals surface area contributed by atoms with E-state index in [9.17, 15) is 4.79 Å². The molecule has 4 nitrogen and oxygen atoms in total. The number of ether oxygens (including phenoxy) is 1. The highest BCUT2D eigenvalue weighted by Crippen LogP contribution is 2.21. The van der Waals surface area contributed by atoms with Crippen LogP contribution in [-0.2, 0) is 11.2 Å². The fraction of sp³-hybridized carbons (Fsp3) is 0.188. The number of benzene rings is 2. The molecule has 2 aromatic carbocycles. The largest absolute Gasteiger partial charge is 0.483 e. The number of halogens is 1. The summed E-state index contributed by atoms with van der Waals surface area (Å²) in [6.07, 6.45) is 0.488. The minimum atomic E-state index is -0.290. The summed E-state index contributed by atoms with van der Waals surface area (Å²) in [6, 6.07) is 14.3. The number of aliphatic hydroxyl groups excluding tert-OH is 1. The standard InChI is InChI=1S/C16H16ClNO3/c17-13-6-2-3-7-14(13)18-16(20)11-21-15-8-4-1-5-12(15)9-10-19/h1-8,19H,9-11H2,(H,18,20). The molecule has 0 aliphatic heterocycles. The topological polar surface area (TPSA) is 58.6 Å².